The van der Waals surface area contributed by atoms with Crippen LogP contribution in [-0.4, -0.2) is 25.4 Å². The highest BCUT2D eigenvalue weighted by atomic mass is 32.1. The lowest BCUT2D eigenvalue weighted by atomic mass is 10.0. The van der Waals surface area contributed by atoms with Crippen molar-refractivity contribution in [2.24, 2.45) is 5.73 Å². The van der Waals surface area contributed by atoms with Crippen molar-refractivity contribution in [1.29, 1.82) is 0 Å². The van der Waals surface area contributed by atoms with Gasteiger partial charge in [0.1, 0.15) is 5.01 Å². The highest BCUT2D eigenvalue weighted by Crippen LogP contribution is 2.29. The molecule has 0 aliphatic heterocycles. The third kappa shape index (κ3) is 2.55. The summed E-state index contributed by atoms with van der Waals surface area (Å²) in [4.78, 5) is 0.122. The van der Waals surface area contributed by atoms with E-state index >= 15 is 0 Å². The quantitative estimate of drug-likeness (QED) is 0.893. The van der Waals surface area contributed by atoms with E-state index in [1.54, 1.807) is 13.8 Å². The largest absolute Gasteiger partial charge is 0.453 e. The normalized spacial score (nSPS) is 13.5. The number of nitrogens with zero attached hydrogens (tertiary/aromatic N) is 4. The first kappa shape index (κ1) is 12.2. The Morgan fingerprint density at radius 2 is 1.94 bits per heavy atom. The maximum absolute atomic E-state index is 12.5. The third-order valence-electron chi connectivity index (χ3n) is 1.89. The number of nitrogens with two attached hydrogens (primary N) is 1. The van der Waals surface area contributed by atoms with E-state index in [1.165, 1.54) is 0 Å². The van der Waals surface area contributed by atoms with E-state index in [9.17, 15) is 13.2 Å². The van der Waals surface area contributed by atoms with Crippen LogP contribution in [-0.2, 0) is 12.6 Å². The lowest BCUT2D eigenvalue weighted by Gasteiger charge is -2.15. The second-order valence-electron chi connectivity index (χ2n) is 4.38. The van der Waals surface area contributed by atoms with Crippen molar-refractivity contribution < 1.29 is 13.2 Å². The van der Waals surface area contributed by atoms with Crippen LogP contribution in [0, 0.1) is 0 Å². The Morgan fingerprint density at radius 1 is 1.29 bits per heavy atom. The van der Waals surface area contributed by atoms with Crippen molar-refractivity contribution in [2.75, 3.05) is 0 Å². The van der Waals surface area contributed by atoms with Crippen molar-refractivity contribution in [2.45, 2.75) is 32.0 Å². The van der Waals surface area contributed by atoms with Gasteiger partial charge in [0.05, 0.1) is 0 Å². The fourth-order valence-corrected chi connectivity index (χ4v) is 2.37. The molecule has 0 bridgehead atoms. The lowest BCUT2D eigenvalue weighted by molar-refractivity contribution is -0.146. The Balaban J connectivity index is 2.42. The van der Waals surface area contributed by atoms with Crippen LogP contribution in [0.1, 0.15) is 24.7 Å². The van der Waals surface area contributed by atoms with Crippen LogP contribution >= 0.6 is 11.3 Å². The van der Waals surface area contributed by atoms with Crippen molar-refractivity contribution in [3.63, 3.8) is 0 Å². The highest BCUT2D eigenvalue weighted by molar-refractivity contribution is 7.16. The van der Waals surface area contributed by atoms with E-state index in [4.69, 9.17) is 5.73 Å². The number of rotatable bonds is 2. The van der Waals surface area contributed by atoms with Crippen LogP contribution in [0.25, 0.3) is 4.96 Å². The first-order chi connectivity index (χ1) is 7.67. The number of hydrogen-bond acceptors (Lipinski definition) is 5. The van der Waals surface area contributed by atoms with Crippen LogP contribution in [0.5, 0.6) is 0 Å². The molecular formula is C8H10F3N5S. The maximum Gasteiger partial charge on any atom is 0.453 e. The fraction of sp³-hybridized carbons (Fsp3) is 0.625. The maximum atomic E-state index is 12.5. The minimum atomic E-state index is -4.55. The van der Waals surface area contributed by atoms with Gasteiger partial charge in [-0.1, -0.05) is 11.3 Å². The molecule has 94 valence electrons. The SMILES string of the molecule is CC(C)(N)Cc1nn2c(C(F)(F)F)nnc2s1. The summed E-state index contributed by atoms with van der Waals surface area (Å²) < 4.78 is 38.3. The topological polar surface area (TPSA) is 69.1 Å². The zero-order valence-corrected chi connectivity index (χ0v) is 9.93. The van der Waals surface area contributed by atoms with E-state index < -0.39 is 17.5 Å². The molecule has 0 unspecified atom stereocenters. The summed E-state index contributed by atoms with van der Waals surface area (Å²) >= 11 is 1.06. The first-order valence-electron chi connectivity index (χ1n) is 4.74. The van der Waals surface area contributed by atoms with E-state index in [-0.39, 0.29) is 4.96 Å². The summed E-state index contributed by atoms with van der Waals surface area (Å²) in [5, 5.41) is 10.9. The molecule has 0 aromatic carbocycles. The number of fused-ring (bicyclic) bond motifs is 1. The minimum Gasteiger partial charge on any atom is -0.325 e. The second kappa shape index (κ2) is 3.64. The number of aromatic nitrogens is 4. The smallest absolute Gasteiger partial charge is 0.325 e. The van der Waals surface area contributed by atoms with Gasteiger partial charge in [-0.25, -0.2) is 0 Å². The molecule has 2 heterocycles. The van der Waals surface area contributed by atoms with Crippen LogP contribution in [0.2, 0.25) is 0 Å². The van der Waals surface area contributed by atoms with Gasteiger partial charge in [-0.15, -0.1) is 10.2 Å². The van der Waals surface area contributed by atoms with Gasteiger partial charge in [0.25, 0.3) is 5.82 Å². The molecule has 2 rings (SSSR count). The molecule has 0 radical (unpaired) electrons. The standard InChI is InChI=1S/C8H10F3N5S/c1-7(2,12)3-4-15-16-5(8(9,10)11)13-14-6(16)17-4/h3,12H2,1-2H3. The summed E-state index contributed by atoms with van der Waals surface area (Å²) in [5.41, 5.74) is 5.25. The Morgan fingerprint density at radius 3 is 2.47 bits per heavy atom. The molecule has 0 saturated carbocycles. The Hall–Kier alpha value is -1.22. The number of halogens is 3. The van der Waals surface area contributed by atoms with Gasteiger partial charge in [0.15, 0.2) is 0 Å². The predicted octanol–water partition coefficient (Wildman–Crippen LogP) is 1.48. The summed E-state index contributed by atoms with van der Waals surface area (Å²) in [6.07, 6.45) is -4.17. The van der Waals surface area contributed by atoms with Gasteiger partial charge >= 0.3 is 6.18 Å². The molecule has 17 heavy (non-hydrogen) atoms. The Labute approximate surface area is 98.4 Å². The highest BCUT2D eigenvalue weighted by Gasteiger charge is 2.38. The van der Waals surface area contributed by atoms with Gasteiger partial charge in [-0.2, -0.15) is 22.8 Å². The molecule has 2 N–H and O–H groups in total. The van der Waals surface area contributed by atoms with E-state index in [2.05, 4.69) is 15.3 Å². The molecule has 0 atom stereocenters. The van der Waals surface area contributed by atoms with Crippen LogP contribution in [0.3, 0.4) is 0 Å². The minimum absolute atomic E-state index is 0.122. The van der Waals surface area contributed by atoms with Crippen LogP contribution in [0.4, 0.5) is 13.2 Å². The van der Waals surface area contributed by atoms with Crippen molar-refractivity contribution in [3.05, 3.63) is 10.8 Å². The molecule has 2 aromatic heterocycles. The van der Waals surface area contributed by atoms with E-state index in [0.717, 1.165) is 11.3 Å². The van der Waals surface area contributed by atoms with Crippen molar-refractivity contribution >= 4 is 16.3 Å². The van der Waals surface area contributed by atoms with E-state index in [1.807, 2.05) is 0 Å². The molecule has 0 aliphatic rings. The summed E-state index contributed by atoms with van der Waals surface area (Å²) in [6, 6.07) is 0. The molecule has 0 amide bonds. The zero-order valence-electron chi connectivity index (χ0n) is 9.12. The average molecular weight is 265 g/mol. The molecule has 0 saturated heterocycles. The summed E-state index contributed by atoms with van der Waals surface area (Å²) in [7, 11) is 0. The first-order valence-corrected chi connectivity index (χ1v) is 5.56. The monoisotopic (exact) mass is 265 g/mol. The second-order valence-corrected chi connectivity index (χ2v) is 5.42. The van der Waals surface area contributed by atoms with Crippen molar-refractivity contribution in [1.82, 2.24) is 19.8 Å². The third-order valence-corrected chi connectivity index (χ3v) is 2.79. The molecule has 0 aliphatic carbocycles. The van der Waals surface area contributed by atoms with Crippen LogP contribution in [0.15, 0.2) is 0 Å². The molecule has 2 aromatic rings. The summed E-state index contributed by atoms with van der Waals surface area (Å²) in [5.74, 6) is -1.11. The average Bonchev–Trinajstić information content (AvgIpc) is 2.55. The predicted molar refractivity (Wildman–Crippen MR) is 55.6 cm³/mol. The zero-order chi connectivity index (χ0) is 12.8. The van der Waals surface area contributed by atoms with Crippen LogP contribution < -0.4 is 5.73 Å². The lowest BCUT2D eigenvalue weighted by Crippen LogP contribution is -2.34. The molecule has 0 fully saturated rings. The van der Waals surface area contributed by atoms with E-state index in [0.29, 0.717) is 15.9 Å². The summed E-state index contributed by atoms with van der Waals surface area (Å²) in [6.45, 7) is 3.56. The van der Waals surface area contributed by atoms with Gasteiger partial charge in [-0.05, 0) is 13.8 Å². The Kier molecular flexibility index (Phi) is 2.62. The number of alkyl halides is 3. The molecule has 0 spiro atoms. The molecule has 9 heteroatoms. The van der Waals surface area contributed by atoms with Crippen molar-refractivity contribution in [3.8, 4) is 0 Å². The van der Waals surface area contributed by atoms with Gasteiger partial charge in [0, 0.05) is 12.0 Å². The van der Waals surface area contributed by atoms with Gasteiger partial charge in [0.2, 0.25) is 4.96 Å². The molecule has 5 nitrogen and oxygen atoms in total. The van der Waals surface area contributed by atoms with Gasteiger partial charge in [-0.3, -0.25) is 0 Å². The Bertz CT molecular complexity index is 535. The van der Waals surface area contributed by atoms with Gasteiger partial charge < -0.3 is 5.73 Å². The fourth-order valence-electron chi connectivity index (χ4n) is 1.29. The number of hydrogen-bond donors (Lipinski definition) is 1. The molecular weight excluding hydrogens is 255 g/mol.